The van der Waals surface area contributed by atoms with Crippen LogP contribution in [0.4, 0.5) is 10.6 Å². The average Bonchev–Trinajstić information content (AvgIpc) is 2.41. The molecule has 0 aromatic carbocycles. The summed E-state index contributed by atoms with van der Waals surface area (Å²) in [4.78, 5) is 15.6. The van der Waals surface area contributed by atoms with Gasteiger partial charge >= 0.3 is 6.09 Å². The molecular weight excluding hydrogens is 266 g/mol. The first-order chi connectivity index (χ1) is 9.97. The number of amides is 1. The predicted molar refractivity (Wildman–Crippen MR) is 85.4 cm³/mol. The fourth-order valence-electron chi connectivity index (χ4n) is 1.79. The molecule has 0 aliphatic carbocycles. The molecule has 1 rings (SSSR count). The molecule has 5 nitrogen and oxygen atoms in total. The standard InChI is InChI=1S/C16H27N3O2/c1-16(2,3)21-15(20)19-13-8-5-4-7-11-17-14-10-6-9-12-18-14/h6,9-10,12H,4-5,7-8,11,13H2,1-3H3,(H,17,18)(H,19,20). The lowest BCUT2D eigenvalue weighted by Gasteiger charge is -2.19. The molecule has 0 radical (unpaired) electrons. The van der Waals surface area contributed by atoms with Crippen LogP contribution in [0.25, 0.3) is 0 Å². The molecule has 0 spiro atoms. The van der Waals surface area contributed by atoms with Gasteiger partial charge in [-0.25, -0.2) is 9.78 Å². The van der Waals surface area contributed by atoms with Crippen LogP contribution in [0.3, 0.4) is 0 Å². The fraction of sp³-hybridized carbons (Fsp3) is 0.625. The Balaban J connectivity index is 1.92. The number of rotatable bonds is 8. The lowest BCUT2D eigenvalue weighted by atomic mass is 10.2. The summed E-state index contributed by atoms with van der Waals surface area (Å²) in [5.74, 6) is 0.920. The lowest BCUT2D eigenvalue weighted by Crippen LogP contribution is -2.32. The van der Waals surface area contributed by atoms with E-state index in [1.54, 1.807) is 6.20 Å². The first kappa shape index (κ1) is 17.3. The smallest absolute Gasteiger partial charge is 0.407 e. The Kier molecular flexibility index (Phi) is 7.58. The minimum atomic E-state index is -0.429. The topological polar surface area (TPSA) is 63.2 Å². The molecule has 118 valence electrons. The third-order valence-corrected chi connectivity index (χ3v) is 2.74. The Hall–Kier alpha value is -1.78. The van der Waals surface area contributed by atoms with Gasteiger partial charge in [-0.15, -0.1) is 0 Å². The minimum Gasteiger partial charge on any atom is -0.444 e. The van der Waals surface area contributed by atoms with Gasteiger partial charge in [0.1, 0.15) is 11.4 Å². The average molecular weight is 293 g/mol. The summed E-state index contributed by atoms with van der Waals surface area (Å²) >= 11 is 0. The maximum absolute atomic E-state index is 11.4. The molecule has 0 fully saturated rings. The molecule has 0 saturated carbocycles. The van der Waals surface area contributed by atoms with Crippen LogP contribution in [0.1, 0.15) is 46.5 Å². The second kappa shape index (κ2) is 9.21. The highest BCUT2D eigenvalue weighted by molar-refractivity contribution is 5.67. The summed E-state index contributed by atoms with van der Waals surface area (Å²) in [5.41, 5.74) is -0.429. The van der Waals surface area contributed by atoms with Crippen LogP contribution in [0.15, 0.2) is 24.4 Å². The van der Waals surface area contributed by atoms with Crippen LogP contribution < -0.4 is 10.6 Å². The Bertz CT molecular complexity index is 402. The normalized spacial score (nSPS) is 11.0. The number of alkyl carbamates (subject to hydrolysis) is 1. The summed E-state index contributed by atoms with van der Waals surface area (Å²) in [6, 6.07) is 5.84. The highest BCUT2D eigenvalue weighted by Crippen LogP contribution is 2.07. The highest BCUT2D eigenvalue weighted by Gasteiger charge is 2.15. The van der Waals surface area contributed by atoms with Crippen molar-refractivity contribution in [3.05, 3.63) is 24.4 Å². The number of hydrogen-bond donors (Lipinski definition) is 2. The van der Waals surface area contributed by atoms with Crippen LogP contribution in [0, 0.1) is 0 Å². The van der Waals surface area contributed by atoms with Crippen molar-refractivity contribution in [2.75, 3.05) is 18.4 Å². The van der Waals surface area contributed by atoms with Crippen molar-refractivity contribution < 1.29 is 9.53 Å². The zero-order valence-corrected chi connectivity index (χ0v) is 13.3. The summed E-state index contributed by atoms with van der Waals surface area (Å²) in [6.45, 7) is 7.18. The van der Waals surface area contributed by atoms with E-state index in [1.165, 1.54) is 0 Å². The van der Waals surface area contributed by atoms with E-state index in [2.05, 4.69) is 15.6 Å². The van der Waals surface area contributed by atoms with Gasteiger partial charge < -0.3 is 15.4 Å². The molecule has 21 heavy (non-hydrogen) atoms. The molecule has 0 saturated heterocycles. The van der Waals surface area contributed by atoms with Gasteiger partial charge in [-0.1, -0.05) is 18.9 Å². The van der Waals surface area contributed by atoms with E-state index >= 15 is 0 Å². The van der Waals surface area contributed by atoms with Gasteiger partial charge in [0.15, 0.2) is 0 Å². The van der Waals surface area contributed by atoms with Crippen molar-refractivity contribution >= 4 is 11.9 Å². The highest BCUT2D eigenvalue weighted by atomic mass is 16.6. The number of nitrogens with zero attached hydrogens (tertiary/aromatic N) is 1. The Morgan fingerprint density at radius 2 is 1.86 bits per heavy atom. The van der Waals surface area contributed by atoms with Crippen LogP contribution in [-0.4, -0.2) is 29.8 Å². The van der Waals surface area contributed by atoms with Crippen molar-refractivity contribution in [1.82, 2.24) is 10.3 Å². The molecule has 0 bridgehead atoms. The quantitative estimate of drug-likeness (QED) is 0.719. The molecule has 1 aromatic rings. The maximum atomic E-state index is 11.4. The molecule has 0 unspecified atom stereocenters. The Morgan fingerprint density at radius 1 is 1.14 bits per heavy atom. The van der Waals surface area contributed by atoms with E-state index in [-0.39, 0.29) is 6.09 Å². The first-order valence-corrected chi connectivity index (χ1v) is 7.59. The number of hydrogen-bond acceptors (Lipinski definition) is 4. The number of aromatic nitrogens is 1. The van der Waals surface area contributed by atoms with E-state index in [4.69, 9.17) is 4.74 Å². The Morgan fingerprint density at radius 3 is 2.48 bits per heavy atom. The van der Waals surface area contributed by atoms with Gasteiger partial charge in [0.2, 0.25) is 0 Å². The summed E-state index contributed by atoms with van der Waals surface area (Å²) in [6.07, 6.45) is 5.76. The van der Waals surface area contributed by atoms with Crippen molar-refractivity contribution in [3.63, 3.8) is 0 Å². The molecule has 1 heterocycles. The van der Waals surface area contributed by atoms with Gasteiger partial charge in [0.25, 0.3) is 0 Å². The van der Waals surface area contributed by atoms with E-state index in [1.807, 2.05) is 39.0 Å². The second-order valence-electron chi connectivity index (χ2n) is 5.98. The predicted octanol–water partition coefficient (Wildman–Crippen LogP) is 3.58. The van der Waals surface area contributed by atoms with E-state index in [0.29, 0.717) is 6.54 Å². The molecule has 2 N–H and O–H groups in total. The van der Waals surface area contributed by atoms with Crippen LogP contribution >= 0.6 is 0 Å². The van der Waals surface area contributed by atoms with Crippen molar-refractivity contribution in [3.8, 4) is 0 Å². The molecule has 0 aliphatic heterocycles. The molecule has 5 heteroatoms. The fourth-order valence-corrected chi connectivity index (χ4v) is 1.79. The van der Waals surface area contributed by atoms with Gasteiger partial charge in [-0.3, -0.25) is 0 Å². The van der Waals surface area contributed by atoms with Crippen LogP contribution in [-0.2, 0) is 4.74 Å². The molecule has 1 aromatic heterocycles. The molecule has 0 atom stereocenters. The van der Waals surface area contributed by atoms with E-state index in [0.717, 1.165) is 38.0 Å². The monoisotopic (exact) mass is 293 g/mol. The third kappa shape index (κ3) is 9.71. The number of ether oxygens (including phenoxy) is 1. The third-order valence-electron chi connectivity index (χ3n) is 2.74. The summed E-state index contributed by atoms with van der Waals surface area (Å²) in [5, 5.41) is 6.05. The number of carbonyl (C=O) groups excluding carboxylic acids is 1. The van der Waals surface area contributed by atoms with Crippen molar-refractivity contribution in [2.45, 2.75) is 52.1 Å². The SMILES string of the molecule is CC(C)(C)OC(=O)NCCCCCCNc1ccccn1. The van der Waals surface area contributed by atoms with Gasteiger partial charge in [-0.2, -0.15) is 0 Å². The molecule has 0 aliphatic rings. The lowest BCUT2D eigenvalue weighted by molar-refractivity contribution is 0.0527. The number of unbranched alkanes of at least 4 members (excludes halogenated alkanes) is 3. The van der Waals surface area contributed by atoms with Crippen molar-refractivity contribution in [1.29, 1.82) is 0 Å². The van der Waals surface area contributed by atoms with Gasteiger partial charge in [0, 0.05) is 19.3 Å². The molecule has 1 amide bonds. The molecular formula is C16H27N3O2. The van der Waals surface area contributed by atoms with E-state index < -0.39 is 5.60 Å². The second-order valence-corrected chi connectivity index (χ2v) is 5.98. The van der Waals surface area contributed by atoms with Gasteiger partial charge in [-0.05, 0) is 45.7 Å². The number of pyridine rings is 1. The number of anilines is 1. The zero-order valence-electron chi connectivity index (χ0n) is 13.3. The van der Waals surface area contributed by atoms with E-state index in [9.17, 15) is 4.79 Å². The maximum Gasteiger partial charge on any atom is 0.407 e. The van der Waals surface area contributed by atoms with Crippen molar-refractivity contribution in [2.24, 2.45) is 0 Å². The zero-order chi connectivity index (χ0) is 15.6. The van der Waals surface area contributed by atoms with Crippen LogP contribution in [0.2, 0.25) is 0 Å². The van der Waals surface area contributed by atoms with Gasteiger partial charge in [0.05, 0.1) is 0 Å². The van der Waals surface area contributed by atoms with Crippen LogP contribution in [0.5, 0.6) is 0 Å². The Labute approximate surface area is 127 Å². The summed E-state index contributed by atoms with van der Waals surface area (Å²) < 4.78 is 5.16. The number of carbonyl (C=O) groups is 1. The number of nitrogens with one attached hydrogen (secondary N) is 2. The minimum absolute atomic E-state index is 0.334. The largest absolute Gasteiger partial charge is 0.444 e. The summed E-state index contributed by atoms with van der Waals surface area (Å²) in [7, 11) is 0. The first-order valence-electron chi connectivity index (χ1n) is 7.59.